The number of aliphatic carboxylic acids is 1. The Kier molecular flexibility index (Phi) is 2.92. The van der Waals surface area contributed by atoms with Gasteiger partial charge in [0, 0.05) is 18.1 Å². The molecule has 1 aromatic heterocycles. The number of para-hydroxylation sites is 1. The first-order valence-corrected chi connectivity index (χ1v) is 5.79. The molecule has 3 heteroatoms. The van der Waals surface area contributed by atoms with Gasteiger partial charge >= 0.3 is 5.97 Å². The van der Waals surface area contributed by atoms with Crippen molar-refractivity contribution in [2.45, 2.75) is 26.2 Å². The van der Waals surface area contributed by atoms with Crippen molar-refractivity contribution in [2.75, 3.05) is 0 Å². The number of carboxylic acid groups (broad SMARTS) is 1. The van der Waals surface area contributed by atoms with E-state index >= 15 is 0 Å². The molecule has 1 heterocycles. The number of rotatable bonds is 3. The summed E-state index contributed by atoms with van der Waals surface area (Å²) < 4.78 is 2.00. The molecular formula is C14H17NO2. The Bertz CT molecular complexity index is 567. The number of benzene rings is 1. The molecule has 2 aromatic rings. The van der Waals surface area contributed by atoms with Crippen molar-refractivity contribution in [1.29, 1.82) is 0 Å². The molecule has 2 rings (SSSR count). The molecule has 17 heavy (non-hydrogen) atoms. The summed E-state index contributed by atoms with van der Waals surface area (Å²) in [6, 6.07) is 8.14. The molecule has 1 aromatic carbocycles. The first-order valence-electron chi connectivity index (χ1n) is 5.79. The van der Waals surface area contributed by atoms with Crippen molar-refractivity contribution in [3.8, 4) is 0 Å². The fourth-order valence-electron chi connectivity index (χ4n) is 2.29. The van der Waals surface area contributed by atoms with Crippen LogP contribution in [0.5, 0.6) is 0 Å². The Labute approximate surface area is 101 Å². The SMILES string of the molecule is CC(C)c1cccc2cc(CC(=O)O)n(C)c12. The van der Waals surface area contributed by atoms with Crippen LogP contribution in [0.2, 0.25) is 0 Å². The molecule has 0 aliphatic heterocycles. The molecule has 0 aliphatic carbocycles. The predicted octanol–water partition coefficient (Wildman–Crippen LogP) is 2.93. The second-order valence-electron chi connectivity index (χ2n) is 4.70. The van der Waals surface area contributed by atoms with E-state index in [1.807, 2.05) is 29.8 Å². The minimum absolute atomic E-state index is 0.0721. The summed E-state index contributed by atoms with van der Waals surface area (Å²) in [5.41, 5.74) is 3.26. The van der Waals surface area contributed by atoms with E-state index in [2.05, 4.69) is 19.9 Å². The summed E-state index contributed by atoms with van der Waals surface area (Å²) >= 11 is 0. The third kappa shape index (κ3) is 2.05. The molecule has 0 spiro atoms. The normalized spacial score (nSPS) is 11.3. The zero-order valence-corrected chi connectivity index (χ0v) is 10.4. The fourth-order valence-corrected chi connectivity index (χ4v) is 2.29. The van der Waals surface area contributed by atoms with Gasteiger partial charge in [0.25, 0.3) is 0 Å². The van der Waals surface area contributed by atoms with E-state index < -0.39 is 5.97 Å². The molecule has 0 fully saturated rings. The molecule has 0 atom stereocenters. The van der Waals surface area contributed by atoms with Gasteiger partial charge in [-0.15, -0.1) is 0 Å². The highest BCUT2D eigenvalue weighted by molar-refractivity contribution is 5.86. The van der Waals surface area contributed by atoms with Gasteiger partial charge in [-0.3, -0.25) is 4.79 Å². The van der Waals surface area contributed by atoms with Crippen LogP contribution >= 0.6 is 0 Å². The van der Waals surface area contributed by atoms with Crippen molar-refractivity contribution >= 4 is 16.9 Å². The number of carbonyl (C=O) groups is 1. The summed E-state index contributed by atoms with van der Waals surface area (Å²) in [7, 11) is 1.94. The minimum atomic E-state index is -0.790. The monoisotopic (exact) mass is 231 g/mol. The molecule has 0 bridgehead atoms. The van der Waals surface area contributed by atoms with Gasteiger partial charge in [0.1, 0.15) is 0 Å². The van der Waals surface area contributed by atoms with Gasteiger partial charge in [0.15, 0.2) is 0 Å². The standard InChI is InChI=1S/C14H17NO2/c1-9(2)12-6-4-5-10-7-11(8-13(16)17)15(3)14(10)12/h4-7,9H,8H2,1-3H3,(H,16,17). The Balaban J connectivity index is 2.65. The maximum atomic E-state index is 10.8. The maximum absolute atomic E-state index is 10.8. The van der Waals surface area contributed by atoms with Gasteiger partial charge in [-0.25, -0.2) is 0 Å². The highest BCUT2D eigenvalue weighted by Gasteiger charge is 2.13. The first kappa shape index (κ1) is 11.7. The number of fused-ring (bicyclic) bond motifs is 1. The van der Waals surface area contributed by atoms with Crippen molar-refractivity contribution in [2.24, 2.45) is 7.05 Å². The van der Waals surface area contributed by atoms with Crippen molar-refractivity contribution in [1.82, 2.24) is 4.57 Å². The Morgan fingerprint density at radius 2 is 2.12 bits per heavy atom. The number of carboxylic acids is 1. The number of hydrogen-bond donors (Lipinski definition) is 1. The Morgan fingerprint density at radius 3 is 2.71 bits per heavy atom. The summed E-state index contributed by atoms with van der Waals surface area (Å²) in [5.74, 6) is -0.355. The van der Waals surface area contributed by atoms with Crippen LogP contribution in [-0.2, 0) is 18.3 Å². The lowest BCUT2D eigenvalue weighted by molar-refractivity contribution is -0.136. The van der Waals surface area contributed by atoms with Gasteiger partial charge in [0.2, 0.25) is 0 Å². The van der Waals surface area contributed by atoms with E-state index in [1.54, 1.807) is 0 Å². The van der Waals surface area contributed by atoms with Crippen molar-refractivity contribution in [3.63, 3.8) is 0 Å². The lowest BCUT2D eigenvalue weighted by Gasteiger charge is -2.10. The van der Waals surface area contributed by atoms with Gasteiger partial charge in [0.05, 0.1) is 11.9 Å². The predicted molar refractivity (Wildman–Crippen MR) is 68.3 cm³/mol. The smallest absolute Gasteiger partial charge is 0.309 e. The highest BCUT2D eigenvalue weighted by Crippen LogP contribution is 2.27. The van der Waals surface area contributed by atoms with E-state index in [0.29, 0.717) is 5.92 Å². The first-order chi connectivity index (χ1) is 8.00. The van der Waals surface area contributed by atoms with Crippen molar-refractivity contribution in [3.05, 3.63) is 35.5 Å². The van der Waals surface area contributed by atoms with Crippen LogP contribution in [0.3, 0.4) is 0 Å². The van der Waals surface area contributed by atoms with E-state index in [-0.39, 0.29) is 6.42 Å². The van der Waals surface area contributed by atoms with E-state index in [0.717, 1.165) is 16.6 Å². The van der Waals surface area contributed by atoms with Crippen LogP contribution < -0.4 is 0 Å². The van der Waals surface area contributed by atoms with Crippen LogP contribution in [0.15, 0.2) is 24.3 Å². The highest BCUT2D eigenvalue weighted by atomic mass is 16.4. The minimum Gasteiger partial charge on any atom is -0.481 e. The van der Waals surface area contributed by atoms with E-state index in [9.17, 15) is 4.79 Å². The van der Waals surface area contributed by atoms with Crippen LogP contribution in [0.25, 0.3) is 10.9 Å². The molecule has 3 nitrogen and oxygen atoms in total. The molecular weight excluding hydrogens is 214 g/mol. The van der Waals surface area contributed by atoms with Crippen LogP contribution in [-0.4, -0.2) is 15.6 Å². The molecule has 0 aliphatic rings. The topological polar surface area (TPSA) is 42.2 Å². The second-order valence-corrected chi connectivity index (χ2v) is 4.70. The molecule has 0 radical (unpaired) electrons. The summed E-state index contributed by atoms with van der Waals surface area (Å²) in [4.78, 5) is 10.8. The summed E-state index contributed by atoms with van der Waals surface area (Å²) in [6.07, 6.45) is 0.0721. The molecule has 0 saturated carbocycles. The number of aryl methyl sites for hydroxylation is 1. The van der Waals surface area contributed by atoms with Gasteiger partial charge in [-0.2, -0.15) is 0 Å². The fraction of sp³-hybridized carbons (Fsp3) is 0.357. The van der Waals surface area contributed by atoms with Crippen molar-refractivity contribution < 1.29 is 9.90 Å². The molecule has 0 amide bonds. The number of aromatic nitrogens is 1. The van der Waals surface area contributed by atoms with Gasteiger partial charge in [-0.05, 0) is 17.5 Å². The van der Waals surface area contributed by atoms with Gasteiger partial charge < -0.3 is 9.67 Å². The van der Waals surface area contributed by atoms with E-state index in [4.69, 9.17) is 5.11 Å². The Morgan fingerprint density at radius 1 is 1.41 bits per heavy atom. The largest absolute Gasteiger partial charge is 0.481 e. The lowest BCUT2D eigenvalue weighted by atomic mass is 10.0. The molecule has 1 N–H and O–H groups in total. The van der Waals surface area contributed by atoms with Crippen LogP contribution in [0, 0.1) is 0 Å². The third-order valence-electron chi connectivity index (χ3n) is 3.14. The average molecular weight is 231 g/mol. The number of hydrogen-bond acceptors (Lipinski definition) is 1. The molecule has 0 saturated heterocycles. The van der Waals surface area contributed by atoms with Gasteiger partial charge in [-0.1, -0.05) is 32.0 Å². The van der Waals surface area contributed by atoms with E-state index in [1.165, 1.54) is 5.56 Å². The summed E-state index contributed by atoms with van der Waals surface area (Å²) in [5, 5.41) is 10.0. The molecule has 90 valence electrons. The third-order valence-corrected chi connectivity index (χ3v) is 3.14. The average Bonchev–Trinajstić information content (AvgIpc) is 2.55. The Hall–Kier alpha value is -1.77. The second kappa shape index (κ2) is 4.24. The zero-order chi connectivity index (χ0) is 12.6. The number of nitrogens with zero attached hydrogens (tertiary/aromatic N) is 1. The van der Waals surface area contributed by atoms with Crippen LogP contribution in [0.4, 0.5) is 0 Å². The maximum Gasteiger partial charge on any atom is 0.309 e. The lowest BCUT2D eigenvalue weighted by Crippen LogP contribution is -2.05. The quantitative estimate of drug-likeness (QED) is 0.882. The summed E-state index contributed by atoms with van der Waals surface area (Å²) in [6.45, 7) is 4.30. The zero-order valence-electron chi connectivity index (χ0n) is 10.4. The van der Waals surface area contributed by atoms with Crippen LogP contribution in [0.1, 0.15) is 31.0 Å². The molecule has 0 unspecified atom stereocenters.